The van der Waals surface area contributed by atoms with Crippen molar-refractivity contribution in [2.45, 2.75) is 30.7 Å². The van der Waals surface area contributed by atoms with Crippen LogP contribution in [-0.2, 0) is 23.6 Å². The zero-order valence-corrected chi connectivity index (χ0v) is 17.0. The van der Waals surface area contributed by atoms with Gasteiger partial charge in [0, 0.05) is 29.7 Å². The van der Waals surface area contributed by atoms with E-state index in [4.69, 9.17) is 4.74 Å². The first kappa shape index (κ1) is 19.6. The van der Waals surface area contributed by atoms with E-state index >= 15 is 0 Å². The summed E-state index contributed by atoms with van der Waals surface area (Å²) in [5, 5.41) is 6.16. The summed E-state index contributed by atoms with van der Waals surface area (Å²) in [5.41, 5.74) is 3.89. The van der Waals surface area contributed by atoms with Crippen LogP contribution in [0.15, 0.2) is 58.8 Å². The van der Waals surface area contributed by atoms with Crippen LogP contribution in [0.5, 0.6) is 0 Å². The summed E-state index contributed by atoms with van der Waals surface area (Å²) in [6.07, 6.45) is 0. The van der Waals surface area contributed by atoms with Crippen LogP contribution >= 0.6 is 23.1 Å². The summed E-state index contributed by atoms with van der Waals surface area (Å²) >= 11 is 3.29. The lowest BCUT2D eigenvalue weighted by molar-refractivity contribution is 0.0947. The minimum Gasteiger partial charge on any atom is -0.380 e. The number of thioether (sulfide) groups is 1. The molecule has 0 fully saturated rings. The van der Waals surface area contributed by atoms with Crippen molar-refractivity contribution in [1.29, 1.82) is 0 Å². The highest BCUT2D eigenvalue weighted by Gasteiger charge is 2.12. The van der Waals surface area contributed by atoms with Gasteiger partial charge in [-0.15, -0.1) is 23.1 Å². The zero-order chi connectivity index (χ0) is 19.1. The van der Waals surface area contributed by atoms with E-state index in [9.17, 15) is 4.79 Å². The van der Waals surface area contributed by atoms with E-state index in [0.29, 0.717) is 18.7 Å². The van der Waals surface area contributed by atoms with Crippen LogP contribution in [0.3, 0.4) is 0 Å². The van der Waals surface area contributed by atoms with Crippen LogP contribution in [0, 0.1) is 6.92 Å². The number of hydrogen-bond donors (Lipinski definition) is 1. The Morgan fingerprint density at radius 1 is 1.15 bits per heavy atom. The van der Waals surface area contributed by atoms with Gasteiger partial charge in [-0.3, -0.25) is 4.79 Å². The first-order valence-electron chi connectivity index (χ1n) is 8.64. The van der Waals surface area contributed by atoms with Crippen LogP contribution in [-0.4, -0.2) is 18.0 Å². The average molecular weight is 399 g/mol. The van der Waals surface area contributed by atoms with Crippen molar-refractivity contribution in [3.63, 3.8) is 0 Å². The Balaban J connectivity index is 1.66. The highest BCUT2D eigenvalue weighted by Crippen LogP contribution is 2.27. The van der Waals surface area contributed by atoms with Crippen LogP contribution in [0.2, 0.25) is 0 Å². The van der Waals surface area contributed by atoms with Gasteiger partial charge >= 0.3 is 0 Å². The molecule has 0 unspecified atom stereocenters. The first-order valence-corrected chi connectivity index (χ1v) is 10.5. The molecule has 1 amide bonds. The van der Waals surface area contributed by atoms with Gasteiger partial charge in [0.2, 0.25) is 0 Å². The van der Waals surface area contributed by atoms with Gasteiger partial charge in [0.1, 0.15) is 0 Å². The number of hydrogen-bond acceptors (Lipinski definition) is 5. The van der Waals surface area contributed by atoms with Crippen LogP contribution < -0.4 is 5.32 Å². The van der Waals surface area contributed by atoms with E-state index in [0.717, 1.165) is 32.5 Å². The molecule has 3 rings (SSSR count). The second-order valence-corrected chi connectivity index (χ2v) is 8.11. The summed E-state index contributed by atoms with van der Waals surface area (Å²) in [6.45, 7) is 3.01. The maximum absolute atomic E-state index is 12.8. The first-order chi connectivity index (χ1) is 13.2. The van der Waals surface area contributed by atoms with Gasteiger partial charge in [-0.1, -0.05) is 36.4 Å². The smallest absolute Gasteiger partial charge is 0.252 e. The summed E-state index contributed by atoms with van der Waals surface area (Å²) in [5.74, 6) is 0.686. The van der Waals surface area contributed by atoms with E-state index < -0.39 is 0 Å². The highest BCUT2D eigenvalue weighted by atomic mass is 32.2. The molecule has 1 N–H and O–H groups in total. The Kier molecular flexibility index (Phi) is 7.04. The third-order valence-electron chi connectivity index (χ3n) is 4.03. The molecule has 6 heteroatoms. The van der Waals surface area contributed by atoms with Gasteiger partial charge in [0.05, 0.1) is 22.9 Å². The largest absolute Gasteiger partial charge is 0.380 e. The molecule has 4 nitrogen and oxygen atoms in total. The third kappa shape index (κ3) is 5.42. The zero-order valence-electron chi connectivity index (χ0n) is 15.4. The number of rotatable bonds is 8. The van der Waals surface area contributed by atoms with Crippen LogP contribution in [0.25, 0.3) is 0 Å². The standard InChI is InChI=1S/C21H22N2O2S2/c1-15-23-18(13-26-15)14-27-20-10-6-5-9-19(20)21(24)22-11-16-7-3-4-8-17(16)12-25-2/h3-10,13H,11-12,14H2,1-2H3,(H,22,24). The molecule has 2 aromatic carbocycles. The van der Waals surface area contributed by atoms with Crippen LogP contribution in [0.1, 0.15) is 32.2 Å². The van der Waals surface area contributed by atoms with E-state index in [1.165, 1.54) is 0 Å². The molecule has 0 aliphatic heterocycles. The fourth-order valence-corrected chi connectivity index (χ4v) is 4.36. The predicted octanol–water partition coefficient (Wildman–Crippen LogP) is 4.82. The molecule has 0 aliphatic rings. The molecule has 1 heterocycles. The Bertz CT molecular complexity index is 908. The van der Waals surface area contributed by atoms with Crippen molar-refractivity contribution in [1.82, 2.24) is 10.3 Å². The number of ether oxygens (including phenoxy) is 1. The fraction of sp³-hybridized carbons (Fsp3) is 0.238. The maximum Gasteiger partial charge on any atom is 0.252 e. The topological polar surface area (TPSA) is 51.2 Å². The average Bonchev–Trinajstić information content (AvgIpc) is 3.11. The van der Waals surface area contributed by atoms with Crippen molar-refractivity contribution in [2.75, 3.05) is 7.11 Å². The molecule has 3 aromatic rings. The lowest BCUT2D eigenvalue weighted by Crippen LogP contribution is -2.24. The Labute approximate surface area is 168 Å². The summed E-state index contributed by atoms with van der Waals surface area (Å²) in [4.78, 5) is 18.2. The number of nitrogens with zero attached hydrogens (tertiary/aromatic N) is 1. The number of aryl methyl sites for hydroxylation is 1. The Hall–Kier alpha value is -2.15. The third-order valence-corrected chi connectivity index (χ3v) is 5.96. The predicted molar refractivity (Wildman–Crippen MR) is 111 cm³/mol. The molecule has 0 atom stereocenters. The SMILES string of the molecule is COCc1ccccc1CNC(=O)c1ccccc1SCc1csc(C)n1. The summed E-state index contributed by atoms with van der Waals surface area (Å²) < 4.78 is 5.23. The van der Waals surface area contributed by atoms with Crippen molar-refractivity contribution < 1.29 is 9.53 Å². The lowest BCUT2D eigenvalue weighted by Gasteiger charge is -2.12. The van der Waals surface area contributed by atoms with Gasteiger partial charge in [0.15, 0.2) is 0 Å². The Morgan fingerprint density at radius 2 is 1.89 bits per heavy atom. The normalized spacial score (nSPS) is 10.7. The molecular weight excluding hydrogens is 376 g/mol. The molecule has 0 radical (unpaired) electrons. The van der Waals surface area contributed by atoms with Crippen molar-refractivity contribution in [2.24, 2.45) is 0 Å². The molecule has 0 aliphatic carbocycles. The molecular formula is C21H22N2O2S2. The van der Waals surface area contributed by atoms with Gasteiger partial charge in [-0.2, -0.15) is 0 Å². The van der Waals surface area contributed by atoms with Crippen molar-refractivity contribution in [3.05, 3.63) is 81.3 Å². The second-order valence-electron chi connectivity index (χ2n) is 6.03. The molecule has 140 valence electrons. The number of benzene rings is 2. The number of amides is 1. The molecule has 0 bridgehead atoms. The quantitative estimate of drug-likeness (QED) is 0.553. The number of methoxy groups -OCH3 is 1. The van der Waals surface area contributed by atoms with E-state index in [2.05, 4.69) is 15.7 Å². The van der Waals surface area contributed by atoms with E-state index in [-0.39, 0.29) is 5.91 Å². The minimum atomic E-state index is -0.0696. The molecule has 1 aromatic heterocycles. The van der Waals surface area contributed by atoms with E-state index in [1.807, 2.05) is 55.5 Å². The summed E-state index contributed by atoms with van der Waals surface area (Å²) in [6, 6.07) is 15.7. The van der Waals surface area contributed by atoms with Crippen molar-refractivity contribution in [3.8, 4) is 0 Å². The Morgan fingerprint density at radius 3 is 2.63 bits per heavy atom. The summed E-state index contributed by atoms with van der Waals surface area (Å²) in [7, 11) is 1.67. The van der Waals surface area contributed by atoms with Crippen LogP contribution in [0.4, 0.5) is 0 Å². The molecule has 27 heavy (non-hydrogen) atoms. The number of aromatic nitrogens is 1. The van der Waals surface area contributed by atoms with Gasteiger partial charge in [-0.25, -0.2) is 4.98 Å². The maximum atomic E-state index is 12.8. The molecule has 0 saturated carbocycles. The highest BCUT2D eigenvalue weighted by molar-refractivity contribution is 7.98. The number of thiazole rings is 1. The second kappa shape index (κ2) is 9.69. The van der Waals surface area contributed by atoms with Gasteiger partial charge < -0.3 is 10.1 Å². The minimum absolute atomic E-state index is 0.0696. The lowest BCUT2D eigenvalue weighted by atomic mass is 10.1. The monoisotopic (exact) mass is 398 g/mol. The fourth-order valence-electron chi connectivity index (χ4n) is 2.70. The number of nitrogens with one attached hydrogen (secondary N) is 1. The molecule has 0 saturated heterocycles. The number of carbonyl (C=O) groups is 1. The number of carbonyl (C=O) groups excluding carboxylic acids is 1. The van der Waals surface area contributed by atoms with Crippen molar-refractivity contribution >= 4 is 29.0 Å². The molecule has 0 spiro atoms. The van der Waals surface area contributed by atoms with Gasteiger partial charge in [-0.05, 0) is 30.2 Å². The van der Waals surface area contributed by atoms with E-state index in [1.54, 1.807) is 30.2 Å². The van der Waals surface area contributed by atoms with Gasteiger partial charge in [0.25, 0.3) is 5.91 Å².